The number of rotatable bonds is 1. The van der Waals surface area contributed by atoms with Crippen molar-refractivity contribution in [1.29, 1.82) is 0 Å². The van der Waals surface area contributed by atoms with Gasteiger partial charge in [0.2, 0.25) is 0 Å². The van der Waals surface area contributed by atoms with Crippen molar-refractivity contribution in [3.63, 3.8) is 0 Å². The number of anilines is 2. The van der Waals surface area contributed by atoms with Crippen molar-refractivity contribution in [2.45, 2.75) is 45.1 Å². The van der Waals surface area contributed by atoms with Gasteiger partial charge in [-0.2, -0.15) is 0 Å². The van der Waals surface area contributed by atoms with Crippen molar-refractivity contribution < 1.29 is 0 Å². The standard InChI is InChI=1S/C18H23N3/c1-12-10-18(15-11-14(19)6-7-16(15)20-12)21-9-8-13-4-2-3-5-17(13)21/h6-7,10-11,13,17H,2-5,8-9,19H2,1H3. The Morgan fingerprint density at radius 1 is 1.14 bits per heavy atom. The Morgan fingerprint density at radius 2 is 2.00 bits per heavy atom. The van der Waals surface area contributed by atoms with Gasteiger partial charge in [-0.3, -0.25) is 4.98 Å². The van der Waals surface area contributed by atoms with E-state index >= 15 is 0 Å². The molecule has 4 rings (SSSR count). The molecule has 2 N–H and O–H groups in total. The molecule has 2 unspecified atom stereocenters. The molecule has 3 nitrogen and oxygen atoms in total. The monoisotopic (exact) mass is 281 g/mol. The quantitative estimate of drug-likeness (QED) is 0.806. The normalized spacial score (nSPS) is 25.3. The summed E-state index contributed by atoms with van der Waals surface area (Å²) in [5.41, 5.74) is 10.4. The zero-order valence-corrected chi connectivity index (χ0v) is 12.7. The molecule has 0 radical (unpaired) electrons. The van der Waals surface area contributed by atoms with Crippen LogP contribution >= 0.6 is 0 Å². The average Bonchev–Trinajstić information content (AvgIpc) is 2.91. The molecule has 1 aliphatic carbocycles. The highest BCUT2D eigenvalue weighted by atomic mass is 15.2. The van der Waals surface area contributed by atoms with Crippen LogP contribution in [0.15, 0.2) is 24.3 Å². The van der Waals surface area contributed by atoms with Crippen LogP contribution in [0, 0.1) is 12.8 Å². The number of benzene rings is 1. The molecule has 2 atom stereocenters. The lowest BCUT2D eigenvalue weighted by molar-refractivity contribution is 0.342. The van der Waals surface area contributed by atoms with E-state index in [2.05, 4.69) is 35.0 Å². The third-order valence-electron chi connectivity index (χ3n) is 5.26. The first-order chi connectivity index (χ1) is 10.2. The van der Waals surface area contributed by atoms with Crippen molar-refractivity contribution >= 4 is 22.3 Å². The minimum atomic E-state index is 0.727. The number of fused-ring (bicyclic) bond motifs is 2. The van der Waals surface area contributed by atoms with Crippen LogP contribution in [0.1, 0.15) is 37.8 Å². The second-order valence-corrected chi connectivity index (χ2v) is 6.65. The zero-order valence-electron chi connectivity index (χ0n) is 12.7. The Morgan fingerprint density at radius 3 is 2.90 bits per heavy atom. The van der Waals surface area contributed by atoms with E-state index in [0.717, 1.165) is 28.9 Å². The highest BCUT2D eigenvalue weighted by molar-refractivity contribution is 5.94. The van der Waals surface area contributed by atoms with E-state index in [-0.39, 0.29) is 0 Å². The largest absolute Gasteiger partial charge is 0.399 e. The maximum atomic E-state index is 6.01. The maximum Gasteiger partial charge on any atom is 0.0727 e. The number of aromatic nitrogens is 1. The maximum absolute atomic E-state index is 6.01. The summed E-state index contributed by atoms with van der Waals surface area (Å²) in [5, 5.41) is 1.21. The lowest BCUT2D eigenvalue weighted by atomic mass is 9.85. The molecule has 2 fully saturated rings. The Labute approximate surface area is 126 Å². The molecule has 2 aliphatic rings. The van der Waals surface area contributed by atoms with E-state index in [1.807, 2.05) is 6.07 Å². The van der Waals surface area contributed by atoms with Crippen LogP contribution in [0.3, 0.4) is 0 Å². The van der Waals surface area contributed by atoms with Gasteiger partial charge in [-0.15, -0.1) is 0 Å². The molecule has 0 spiro atoms. The first kappa shape index (κ1) is 12.9. The van der Waals surface area contributed by atoms with Gasteiger partial charge in [0.15, 0.2) is 0 Å². The molecule has 1 aliphatic heterocycles. The SMILES string of the molecule is Cc1cc(N2CCC3CCCCC32)c2cc(N)ccc2n1. The predicted molar refractivity (Wildman–Crippen MR) is 88.6 cm³/mol. The molecule has 110 valence electrons. The van der Waals surface area contributed by atoms with Gasteiger partial charge in [0.05, 0.1) is 5.52 Å². The van der Waals surface area contributed by atoms with Gasteiger partial charge in [-0.25, -0.2) is 0 Å². The highest BCUT2D eigenvalue weighted by Gasteiger charge is 2.36. The predicted octanol–water partition coefficient (Wildman–Crippen LogP) is 3.89. The molecule has 0 bridgehead atoms. The zero-order chi connectivity index (χ0) is 14.4. The molecule has 1 saturated heterocycles. The van der Waals surface area contributed by atoms with Crippen LogP contribution in [-0.4, -0.2) is 17.6 Å². The summed E-state index contributed by atoms with van der Waals surface area (Å²) in [6, 6.07) is 9.07. The fourth-order valence-electron chi connectivity index (χ4n) is 4.30. The summed E-state index contributed by atoms with van der Waals surface area (Å²) in [6.45, 7) is 3.27. The minimum absolute atomic E-state index is 0.727. The van der Waals surface area contributed by atoms with Crippen LogP contribution in [0.2, 0.25) is 0 Å². The number of nitrogens with two attached hydrogens (primary N) is 1. The second-order valence-electron chi connectivity index (χ2n) is 6.65. The number of nitrogens with zero attached hydrogens (tertiary/aromatic N) is 2. The van der Waals surface area contributed by atoms with Crippen molar-refractivity contribution in [2.24, 2.45) is 5.92 Å². The topological polar surface area (TPSA) is 42.1 Å². The van der Waals surface area contributed by atoms with Crippen molar-refractivity contribution in [3.05, 3.63) is 30.0 Å². The first-order valence-electron chi connectivity index (χ1n) is 8.16. The third-order valence-corrected chi connectivity index (χ3v) is 5.26. The van der Waals surface area contributed by atoms with Crippen molar-refractivity contribution in [3.8, 4) is 0 Å². The Hall–Kier alpha value is -1.77. The lowest BCUT2D eigenvalue weighted by Crippen LogP contribution is -2.34. The van der Waals surface area contributed by atoms with Crippen LogP contribution in [0.4, 0.5) is 11.4 Å². The van der Waals surface area contributed by atoms with Gasteiger partial charge in [0.25, 0.3) is 0 Å². The molecule has 1 aromatic carbocycles. The molecule has 0 amide bonds. The summed E-state index contributed by atoms with van der Waals surface area (Å²) in [4.78, 5) is 7.31. The van der Waals surface area contributed by atoms with E-state index in [1.165, 1.54) is 49.7 Å². The molecule has 2 aromatic rings. The Balaban J connectivity index is 1.84. The van der Waals surface area contributed by atoms with Gasteiger partial charge in [0, 0.05) is 35.0 Å². The summed E-state index contributed by atoms with van der Waals surface area (Å²) in [7, 11) is 0. The summed E-state index contributed by atoms with van der Waals surface area (Å²) in [5.74, 6) is 0.892. The number of pyridine rings is 1. The molecular weight excluding hydrogens is 258 g/mol. The molecule has 21 heavy (non-hydrogen) atoms. The highest BCUT2D eigenvalue weighted by Crippen LogP contribution is 2.41. The third kappa shape index (κ3) is 2.15. The Kier molecular flexibility index (Phi) is 3.02. The van der Waals surface area contributed by atoms with Crippen molar-refractivity contribution in [2.75, 3.05) is 17.2 Å². The molecular formula is C18H23N3. The molecule has 2 heterocycles. The molecule has 1 aromatic heterocycles. The number of aryl methyl sites for hydroxylation is 1. The van der Waals surface area contributed by atoms with E-state index < -0.39 is 0 Å². The van der Waals surface area contributed by atoms with Crippen LogP contribution < -0.4 is 10.6 Å². The fraction of sp³-hybridized carbons (Fsp3) is 0.500. The first-order valence-corrected chi connectivity index (χ1v) is 8.16. The van der Waals surface area contributed by atoms with Crippen LogP contribution in [0.25, 0.3) is 10.9 Å². The fourth-order valence-corrected chi connectivity index (χ4v) is 4.30. The smallest absolute Gasteiger partial charge is 0.0727 e. The van der Waals surface area contributed by atoms with E-state index in [0.29, 0.717) is 0 Å². The van der Waals surface area contributed by atoms with Crippen molar-refractivity contribution in [1.82, 2.24) is 4.98 Å². The summed E-state index contributed by atoms with van der Waals surface area (Å²) < 4.78 is 0. The molecule has 1 saturated carbocycles. The molecule has 3 heteroatoms. The van der Waals surface area contributed by atoms with Gasteiger partial charge in [0.1, 0.15) is 0 Å². The van der Waals surface area contributed by atoms with Crippen LogP contribution in [0.5, 0.6) is 0 Å². The average molecular weight is 281 g/mol. The number of hydrogen-bond donors (Lipinski definition) is 1. The number of nitrogen functional groups attached to an aromatic ring is 1. The van der Waals surface area contributed by atoms with Crippen LogP contribution in [-0.2, 0) is 0 Å². The minimum Gasteiger partial charge on any atom is -0.399 e. The summed E-state index contributed by atoms with van der Waals surface area (Å²) >= 11 is 0. The second kappa shape index (κ2) is 4.90. The van der Waals surface area contributed by atoms with Gasteiger partial charge in [-0.1, -0.05) is 12.8 Å². The number of hydrogen-bond acceptors (Lipinski definition) is 3. The summed E-state index contributed by atoms with van der Waals surface area (Å²) in [6.07, 6.45) is 6.89. The van der Waals surface area contributed by atoms with Gasteiger partial charge in [-0.05, 0) is 56.4 Å². The van der Waals surface area contributed by atoms with E-state index in [4.69, 9.17) is 5.73 Å². The van der Waals surface area contributed by atoms with E-state index in [9.17, 15) is 0 Å². The van der Waals surface area contributed by atoms with Gasteiger partial charge < -0.3 is 10.6 Å². The lowest BCUT2D eigenvalue weighted by Gasteiger charge is -2.34. The Bertz CT molecular complexity index is 679. The van der Waals surface area contributed by atoms with Gasteiger partial charge >= 0.3 is 0 Å². The van der Waals surface area contributed by atoms with E-state index in [1.54, 1.807) is 0 Å².